The molecule has 3 heteroatoms. The lowest BCUT2D eigenvalue weighted by molar-refractivity contribution is 0.477. The van der Waals surface area contributed by atoms with Crippen LogP contribution < -0.4 is 5.73 Å². The summed E-state index contributed by atoms with van der Waals surface area (Å²) < 4.78 is 0. The van der Waals surface area contributed by atoms with Gasteiger partial charge in [0.15, 0.2) is 0 Å². The molecule has 0 fully saturated rings. The Morgan fingerprint density at radius 1 is 1.24 bits per heavy atom. The fraction of sp³-hybridized carbons (Fsp3) is 0.214. The van der Waals surface area contributed by atoms with Crippen LogP contribution in [0.15, 0.2) is 36.7 Å². The van der Waals surface area contributed by atoms with Crippen molar-refractivity contribution in [3.63, 3.8) is 0 Å². The molecule has 0 aliphatic rings. The van der Waals surface area contributed by atoms with Crippen LogP contribution in [0.2, 0.25) is 0 Å². The van der Waals surface area contributed by atoms with Gasteiger partial charge in [-0.15, -0.1) is 0 Å². The van der Waals surface area contributed by atoms with Crippen molar-refractivity contribution >= 4 is 0 Å². The van der Waals surface area contributed by atoms with Gasteiger partial charge in [0.2, 0.25) is 0 Å². The molecule has 2 rings (SSSR count). The van der Waals surface area contributed by atoms with E-state index in [0.717, 1.165) is 28.7 Å². The molecule has 0 bridgehead atoms. The second kappa shape index (κ2) is 4.97. The molecule has 0 amide bonds. The maximum atomic E-state index is 9.89. The lowest BCUT2D eigenvalue weighted by atomic mass is 10.0. The van der Waals surface area contributed by atoms with Gasteiger partial charge in [0.1, 0.15) is 5.75 Å². The van der Waals surface area contributed by atoms with Gasteiger partial charge >= 0.3 is 0 Å². The molecule has 17 heavy (non-hydrogen) atoms. The van der Waals surface area contributed by atoms with E-state index in [-0.39, 0.29) is 5.75 Å². The summed E-state index contributed by atoms with van der Waals surface area (Å²) >= 11 is 0. The Kier molecular flexibility index (Phi) is 3.40. The van der Waals surface area contributed by atoms with Gasteiger partial charge in [-0.05, 0) is 49.2 Å². The number of aromatic hydroxyl groups is 1. The summed E-state index contributed by atoms with van der Waals surface area (Å²) in [6, 6.07) is 7.59. The number of benzene rings is 1. The fourth-order valence-corrected chi connectivity index (χ4v) is 1.84. The normalized spacial score (nSPS) is 10.5. The molecule has 0 radical (unpaired) electrons. The monoisotopic (exact) mass is 228 g/mol. The third kappa shape index (κ3) is 2.63. The zero-order valence-electron chi connectivity index (χ0n) is 9.85. The Hall–Kier alpha value is -1.87. The average Bonchev–Trinajstić information content (AvgIpc) is 2.32. The first kappa shape index (κ1) is 11.6. The SMILES string of the molecule is Cc1cncc(-c2cc(CCN)ccc2O)c1. The quantitative estimate of drug-likeness (QED) is 0.847. The fourth-order valence-electron chi connectivity index (χ4n) is 1.84. The summed E-state index contributed by atoms with van der Waals surface area (Å²) in [5, 5.41) is 9.89. The predicted octanol–water partition coefficient (Wildman–Crippen LogP) is 2.26. The third-order valence-electron chi connectivity index (χ3n) is 2.68. The molecule has 0 atom stereocenters. The Morgan fingerprint density at radius 2 is 2.06 bits per heavy atom. The van der Waals surface area contributed by atoms with Crippen molar-refractivity contribution in [2.24, 2.45) is 5.73 Å². The molecule has 3 nitrogen and oxygen atoms in total. The van der Waals surface area contributed by atoms with E-state index in [4.69, 9.17) is 5.73 Å². The topological polar surface area (TPSA) is 59.1 Å². The number of hydrogen-bond acceptors (Lipinski definition) is 3. The van der Waals surface area contributed by atoms with Gasteiger partial charge in [-0.1, -0.05) is 6.07 Å². The van der Waals surface area contributed by atoms with Crippen LogP contribution in [0.4, 0.5) is 0 Å². The summed E-state index contributed by atoms with van der Waals surface area (Å²) in [5.74, 6) is 0.276. The van der Waals surface area contributed by atoms with Gasteiger partial charge in [0, 0.05) is 23.5 Å². The summed E-state index contributed by atoms with van der Waals surface area (Å²) in [6.07, 6.45) is 4.37. The zero-order chi connectivity index (χ0) is 12.3. The summed E-state index contributed by atoms with van der Waals surface area (Å²) in [7, 11) is 0. The van der Waals surface area contributed by atoms with Crippen LogP contribution in [0, 0.1) is 6.92 Å². The Bertz CT molecular complexity index is 523. The highest BCUT2D eigenvalue weighted by atomic mass is 16.3. The molecule has 3 N–H and O–H groups in total. The van der Waals surface area contributed by atoms with Crippen LogP contribution in [0.5, 0.6) is 5.75 Å². The van der Waals surface area contributed by atoms with Gasteiger partial charge in [-0.25, -0.2) is 0 Å². The second-order valence-corrected chi connectivity index (χ2v) is 4.14. The number of pyridine rings is 1. The average molecular weight is 228 g/mol. The summed E-state index contributed by atoms with van der Waals surface area (Å²) in [4.78, 5) is 4.14. The van der Waals surface area contributed by atoms with Gasteiger partial charge in [0.25, 0.3) is 0 Å². The number of rotatable bonds is 3. The highest BCUT2D eigenvalue weighted by Crippen LogP contribution is 2.30. The molecular weight excluding hydrogens is 212 g/mol. The number of aromatic nitrogens is 1. The molecule has 0 spiro atoms. The van der Waals surface area contributed by atoms with Gasteiger partial charge < -0.3 is 10.8 Å². The van der Waals surface area contributed by atoms with Crippen LogP contribution in [0.1, 0.15) is 11.1 Å². The van der Waals surface area contributed by atoms with Crippen LogP contribution in [-0.2, 0) is 6.42 Å². The Labute approximate surface area is 101 Å². The lowest BCUT2D eigenvalue weighted by Crippen LogP contribution is -2.02. The smallest absolute Gasteiger partial charge is 0.123 e. The zero-order valence-corrected chi connectivity index (χ0v) is 9.85. The number of nitrogens with two attached hydrogens (primary N) is 1. The van der Waals surface area contributed by atoms with Crippen molar-refractivity contribution in [1.82, 2.24) is 4.98 Å². The number of hydrogen-bond donors (Lipinski definition) is 2. The van der Waals surface area contributed by atoms with Crippen LogP contribution in [0.25, 0.3) is 11.1 Å². The van der Waals surface area contributed by atoms with E-state index in [1.54, 1.807) is 18.5 Å². The van der Waals surface area contributed by atoms with Crippen LogP contribution in [-0.4, -0.2) is 16.6 Å². The van der Waals surface area contributed by atoms with Crippen molar-refractivity contribution in [2.45, 2.75) is 13.3 Å². The maximum absolute atomic E-state index is 9.89. The Balaban J connectivity index is 2.46. The molecular formula is C14H16N2O. The summed E-state index contributed by atoms with van der Waals surface area (Å²) in [6.45, 7) is 2.59. The van der Waals surface area contributed by atoms with E-state index >= 15 is 0 Å². The molecule has 0 aliphatic carbocycles. The lowest BCUT2D eigenvalue weighted by Gasteiger charge is -2.08. The van der Waals surface area contributed by atoms with Crippen LogP contribution >= 0.6 is 0 Å². The molecule has 0 saturated heterocycles. The first-order chi connectivity index (χ1) is 8.20. The van der Waals surface area contributed by atoms with Gasteiger partial charge in [-0.3, -0.25) is 4.98 Å². The number of nitrogens with zero attached hydrogens (tertiary/aromatic N) is 1. The van der Waals surface area contributed by atoms with Crippen molar-refractivity contribution < 1.29 is 5.11 Å². The number of phenolic OH excluding ortho intramolecular Hbond substituents is 1. The molecule has 1 aromatic heterocycles. The van der Waals surface area contributed by atoms with Gasteiger partial charge in [0.05, 0.1) is 0 Å². The minimum atomic E-state index is 0.276. The molecule has 1 aromatic carbocycles. The Morgan fingerprint density at radius 3 is 2.76 bits per heavy atom. The maximum Gasteiger partial charge on any atom is 0.123 e. The highest BCUT2D eigenvalue weighted by molar-refractivity contribution is 5.70. The van der Waals surface area contributed by atoms with E-state index in [1.807, 2.05) is 25.1 Å². The first-order valence-corrected chi connectivity index (χ1v) is 5.64. The minimum Gasteiger partial charge on any atom is -0.507 e. The van der Waals surface area contributed by atoms with Gasteiger partial charge in [-0.2, -0.15) is 0 Å². The predicted molar refractivity (Wildman–Crippen MR) is 68.8 cm³/mol. The van der Waals surface area contributed by atoms with Crippen molar-refractivity contribution in [3.05, 3.63) is 47.8 Å². The molecule has 88 valence electrons. The van der Waals surface area contributed by atoms with Crippen molar-refractivity contribution in [3.8, 4) is 16.9 Å². The van der Waals surface area contributed by atoms with E-state index in [1.165, 1.54) is 0 Å². The van der Waals surface area contributed by atoms with E-state index in [2.05, 4.69) is 4.98 Å². The molecule has 0 unspecified atom stereocenters. The largest absolute Gasteiger partial charge is 0.507 e. The number of phenols is 1. The molecule has 0 saturated carbocycles. The molecule has 1 heterocycles. The third-order valence-corrected chi connectivity index (χ3v) is 2.68. The number of aryl methyl sites for hydroxylation is 1. The second-order valence-electron chi connectivity index (χ2n) is 4.14. The first-order valence-electron chi connectivity index (χ1n) is 5.64. The van der Waals surface area contributed by atoms with Crippen molar-refractivity contribution in [1.29, 1.82) is 0 Å². The van der Waals surface area contributed by atoms with E-state index in [0.29, 0.717) is 6.54 Å². The molecule has 0 aliphatic heterocycles. The molecule has 2 aromatic rings. The minimum absolute atomic E-state index is 0.276. The van der Waals surface area contributed by atoms with Crippen LogP contribution in [0.3, 0.4) is 0 Å². The van der Waals surface area contributed by atoms with Crippen molar-refractivity contribution in [2.75, 3.05) is 6.54 Å². The highest BCUT2D eigenvalue weighted by Gasteiger charge is 2.06. The summed E-state index contributed by atoms with van der Waals surface area (Å²) in [5.41, 5.74) is 9.48. The standard InChI is InChI=1S/C14H16N2O/c1-10-6-12(9-16-8-10)13-7-11(4-5-15)2-3-14(13)17/h2-3,6-9,17H,4-5,15H2,1H3. The van der Waals surface area contributed by atoms with E-state index < -0.39 is 0 Å². The van der Waals surface area contributed by atoms with E-state index in [9.17, 15) is 5.11 Å².